The summed E-state index contributed by atoms with van der Waals surface area (Å²) in [5.74, 6) is -2.16. The van der Waals surface area contributed by atoms with Gasteiger partial charge in [-0.15, -0.1) is 0 Å². The number of esters is 1. The van der Waals surface area contributed by atoms with E-state index < -0.39 is 46.0 Å². The summed E-state index contributed by atoms with van der Waals surface area (Å²) in [6, 6.07) is 7.51. The van der Waals surface area contributed by atoms with E-state index >= 15 is 0 Å². The highest BCUT2D eigenvalue weighted by Crippen LogP contribution is 2.34. The maximum Gasteiger partial charge on any atom is 0.418 e. The maximum absolute atomic E-state index is 13.0. The zero-order chi connectivity index (χ0) is 21.8. The number of anilines is 1. The summed E-state index contributed by atoms with van der Waals surface area (Å²) in [6.07, 6.45) is -6.19. The number of nitrogens with one attached hydrogen (secondary N) is 1. The van der Waals surface area contributed by atoms with Crippen LogP contribution in [0.15, 0.2) is 42.5 Å². The molecule has 0 saturated carbocycles. The van der Waals surface area contributed by atoms with Gasteiger partial charge in [0, 0.05) is 12.1 Å². The van der Waals surface area contributed by atoms with E-state index in [-0.39, 0.29) is 11.3 Å². The third kappa shape index (κ3) is 5.21. The minimum Gasteiger partial charge on any atom is -0.496 e. The molecule has 0 bridgehead atoms. The Bertz CT molecular complexity index is 945. The fraction of sp³-hybridized carbons (Fsp3) is 0.222. The van der Waals surface area contributed by atoms with Crippen molar-refractivity contribution in [3.63, 3.8) is 0 Å². The standard InChI is InChI=1S/C18H15F3N2O6/c1-10(16(24)22-14-6-4-3-5-13(14)18(19,20)21)29-17(25)12-9-11(23(26)27)7-8-15(12)28-2/h3-10H,1-2H3,(H,22,24)/t10-/m1/s1. The van der Waals surface area contributed by atoms with Crippen LogP contribution in [0, 0.1) is 10.1 Å². The summed E-state index contributed by atoms with van der Waals surface area (Å²) >= 11 is 0. The lowest BCUT2D eigenvalue weighted by Crippen LogP contribution is -2.31. The Morgan fingerprint density at radius 1 is 1.17 bits per heavy atom. The van der Waals surface area contributed by atoms with E-state index in [0.717, 1.165) is 37.3 Å². The average Bonchev–Trinajstić information content (AvgIpc) is 2.66. The molecule has 0 unspecified atom stereocenters. The highest BCUT2D eigenvalue weighted by molar-refractivity contribution is 5.99. The number of nitro groups is 1. The first kappa shape index (κ1) is 21.7. The van der Waals surface area contributed by atoms with Gasteiger partial charge in [0.15, 0.2) is 6.10 Å². The SMILES string of the molecule is COc1ccc([N+](=O)[O-])cc1C(=O)O[C@H](C)C(=O)Nc1ccccc1C(F)(F)F. The number of nitrogens with zero attached hydrogens (tertiary/aromatic N) is 1. The normalized spacial score (nSPS) is 12.0. The second-order valence-corrected chi connectivity index (χ2v) is 5.72. The van der Waals surface area contributed by atoms with E-state index in [0.29, 0.717) is 0 Å². The zero-order valence-corrected chi connectivity index (χ0v) is 15.1. The van der Waals surface area contributed by atoms with Crippen LogP contribution in [0.3, 0.4) is 0 Å². The number of rotatable bonds is 6. The maximum atomic E-state index is 13.0. The number of carbonyl (C=O) groups is 2. The Balaban J connectivity index is 2.18. The van der Waals surface area contributed by atoms with Gasteiger partial charge in [-0.3, -0.25) is 14.9 Å². The van der Waals surface area contributed by atoms with Gasteiger partial charge in [0.1, 0.15) is 11.3 Å². The van der Waals surface area contributed by atoms with Crippen LogP contribution in [0.1, 0.15) is 22.8 Å². The number of halogens is 3. The number of carbonyl (C=O) groups excluding carboxylic acids is 2. The van der Waals surface area contributed by atoms with Crippen LogP contribution in [0.5, 0.6) is 5.75 Å². The van der Waals surface area contributed by atoms with Gasteiger partial charge in [-0.2, -0.15) is 13.2 Å². The lowest BCUT2D eigenvalue weighted by Gasteiger charge is -2.17. The smallest absolute Gasteiger partial charge is 0.418 e. The molecule has 1 amide bonds. The molecule has 1 atom stereocenters. The van der Waals surface area contributed by atoms with Crippen molar-refractivity contribution in [3.8, 4) is 5.75 Å². The summed E-state index contributed by atoms with van der Waals surface area (Å²) in [6.45, 7) is 1.15. The Labute approximate surface area is 162 Å². The van der Waals surface area contributed by atoms with Gasteiger partial charge in [0.2, 0.25) is 0 Å². The molecular weight excluding hydrogens is 397 g/mol. The quantitative estimate of drug-likeness (QED) is 0.439. The Morgan fingerprint density at radius 3 is 2.41 bits per heavy atom. The second-order valence-electron chi connectivity index (χ2n) is 5.72. The van der Waals surface area contributed by atoms with E-state index in [1.165, 1.54) is 19.2 Å². The summed E-state index contributed by atoms with van der Waals surface area (Å²) in [5, 5.41) is 12.9. The number of methoxy groups -OCH3 is 1. The van der Waals surface area contributed by atoms with Crippen molar-refractivity contribution in [2.45, 2.75) is 19.2 Å². The van der Waals surface area contributed by atoms with Crippen molar-refractivity contribution >= 4 is 23.3 Å². The fourth-order valence-electron chi connectivity index (χ4n) is 2.32. The van der Waals surface area contributed by atoms with Crippen LogP contribution >= 0.6 is 0 Å². The van der Waals surface area contributed by atoms with Gasteiger partial charge in [0.25, 0.3) is 11.6 Å². The van der Waals surface area contributed by atoms with Crippen LogP contribution in [-0.2, 0) is 15.7 Å². The number of hydrogen-bond acceptors (Lipinski definition) is 6. The molecule has 1 N–H and O–H groups in total. The first-order chi connectivity index (χ1) is 13.5. The Morgan fingerprint density at radius 2 is 1.83 bits per heavy atom. The molecule has 0 spiro atoms. The number of para-hydroxylation sites is 1. The monoisotopic (exact) mass is 412 g/mol. The zero-order valence-electron chi connectivity index (χ0n) is 15.1. The highest BCUT2D eigenvalue weighted by Gasteiger charge is 2.34. The molecule has 0 radical (unpaired) electrons. The third-order valence-corrected chi connectivity index (χ3v) is 3.76. The molecule has 0 aliphatic heterocycles. The molecule has 2 aromatic rings. The van der Waals surface area contributed by atoms with Crippen molar-refractivity contribution in [1.82, 2.24) is 0 Å². The Kier molecular flexibility index (Phi) is 6.42. The van der Waals surface area contributed by atoms with Gasteiger partial charge in [-0.25, -0.2) is 4.79 Å². The molecule has 2 rings (SSSR count). The third-order valence-electron chi connectivity index (χ3n) is 3.76. The van der Waals surface area contributed by atoms with E-state index in [4.69, 9.17) is 9.47 Å². The number of benzene rings is 2. The van der Waals surface area contributed by atoms with Crippen LogP contribution < -0.4 is 10.1 Å². The summed E-state index contributed by atoms with van der Waals surface area (Å²) in [7, 11) is 1.22. The number of amides is 1. The molecule has 8 nitrogen and oxygen atoms in total. The molecule has 0 heterocycles. The number of hydrogen-bond donors (Lipinski definition) is 1. The van der Waals surface area contributed by atoms with Gasteiger partial charge in [0.05, 0.1) is 23.3 Å². The second kappa shape index (κ2) is 8.59. The molecule has 154 valence electrons. The lowest BCUT2D eigenvalue weighted by atomic mass is 10.1. The minimum atomic E-state index is -4.69. The number of non-ortho nitro benzene ring substituents is 1. The van der Waals surface area contributed by atoms with Crippen LogP contribution in [0.4, 0.5) is 24.5 Å². The molecule has 11 heteroatoms. The number of nitro benzene ring substituents is 1. The molecule has 0 saturated heterocycles. The number of alkyl halides is 3. The number of ether oxygens (including phenoxy) is 2. The van der Waals surface area contributed by atoms with E-state index in [1.54, 1.807) is 0 Å². The van der Waals surface area contributed by atoms with Gasteiger partial charge in [-0.05, 0) is 25.1 Å². The van der Waals surface area contributed by atoms with Gasteiger partial charge >= 0.3 is 12.1 Å². The van der Waals surface area contributed by atoms with Crippen molar-refractivity contribution in [1.29, 1.82) is 0 Å². The first-order valence-electron chi connectivity index (χ1n) is 8.05. The predicted molar refractivity (Wildman–Crippen MR) is 94.6 cm³/mol. The van der Waals surface area contributed by atoms with Gasteiger partial charge in [-0.1, -0.05) is 12.1 Å². The Hall–Kier alpha value is -3.63. The molecule has 0 aromatic heterocycles. The lowest BCUT2D eigenvalue weighted by molar-refractivity contribution is -0.384. The van der Waals surface area contributed by atoms with E-state index in [9.17, 15) is 32.9 Å². The summed E-state index contributed by atoms with van der Waals surface area (Å²) in [4.78, 5) is 34.6. The van der Waals surface area contributed by atoms with Crippen molar-refractivity contribution < 1.29 is 37.2 Å². The van der Waals surface area contributed by atoms with Crippen LogP contribution in [0.25, 0.3) is 0 Å². The molecule has 0 aliphatic carbocycles. The molecular formula is C18H15F3N2O6. The fourth-order valence-corrected chi connectivity index (χ4v) is 2.32. The molecule has 2 aromatic carbocycles. The van der Waals surface area contributed by atoms with E-state index in [2.05, 4.69) is 5.32 Å². The molecule has 0 aliphatic rings. The predicted octanol–water partition coefficient (Wildman–Crippen LogP) is 3.81. The van der Waals surface area contributed by atoms with Gasteiger partial charge < -0.3 is 14.8 Å². The highest BCUT2D eigenvalue weighted by atomic mass is 19.4. The average molecular weight is 412 g/mol. The van der Waals surface area contributed by atoms with Crippen LogP contribution in [0.2, 0.25) is 0 Å². The van der Waals surface area contributed by atoms with Crippen molar-refractivity contribution in [3.05, 3.63) is 63.7 Å². The summed E-state index contributed by atoms with van der Waals surface area (Å²) < 4.78 is 48.9. The summed E-state index contributed by atoms with van der Waals surface area (Å²) in [5.41, 5.74) is -2.28. The van der Waals surface area contributed by atoms with E-state index in [1.807, 2.05) is 0 Å². The van der Waals surface area contributed by atoms with Crippen molar-refractivity contribution in [2.75, 3.05) is 12.4 Å². The van der Waals surface area contributed by atoms with Crippen molar-refractivity contribution in [2.24, 2.45) is 0 Å². The topological polar surface area (TPSA) is 108 Å². The first-order valence-corrected chi connectivity index (χ1v) is 8.05. The molecule has 0 fully saturated rings. The largest absolute Gasteiger partial charge is 0.496 e. The molecule has 29 heavy (non-hydrogen) atoms. The van der Waals surface area contributed by atoms with Crippen LogP contribution in [-0.4, -0.2) is 30.0 Å². The minimum absolute atomic E-state index is 0.0318.